The maximum absolute atomic E-state index is 12.5. The Morgan fingerprint density at radius 2 is 1.92 bits per heavy atom. The topological polar surface area (TPSA) is 102 Å². The number of carbonyl (C=O) groups is 2. The normalized spacial score (nSPS) is 16.1. The van der Waals surface area contributed by atoms with Gasteiger partial charge in [-0.2, -0.15) is 5.10 Å². The molecule has 1 saturated heterocycles. The molecule has 2 aliphatic heterocycles. The monoisotopic (exact) mass is 542 g/mol. The highest BCUT2D eigenvalue weighted by Gasteiger charge is 2.23. The lowest BCUT2D eigenvalue weighted by Crippen LogP contribution is -2.37. The molecule has 0 saturated carbocycles. The van der Waals surface area contributed by atoms with E-state index in [1.54, 1.807) is 19.2 Å². The Kier molecular flexibility index (Phi) is 10.2. The summed E-state index contributed by atoms with van der Waals surface area (Å²) in [5.74, 6) is 1.77. The van der Waals surface area contributed by atoms with E-state index in [9.17, 15) is 9.59 Å². The van der Waals surface area contributed by atoms with E-state index in [4.69, 9.17) is 18.9 Å². The smallest absolute Gasteiger partial charge is 0.411 e. The quantitative estimate of drug-likeness (QED) is 0.416. The van der Waals surface area contributed by atoms with Crippen molar-refractivity contribution in [2.75, 3.05) is 64.2 Å². The van der Waals surface area contributed by atoms with Crippen molar-refractivity contribution in [3.05, 3.63) is 53.6 Å². The minimum atomic E-state index is -0.484. The molecule has 10 nitrogen and oxygen atoms in total. The number of thioether (sulfide) groups is 1. The molecule has 4 rings (SSSR count). The first-order valence-corrected chi connectivity index (χ1v) is 13.7. The number of methoxy groups -OCH3 is 1. The van der Waals surface area contributed by atoms with Gasteiger partial charge in [-0.25, -0.2) is 9.80 Å². The summed E-state index contributed by atoms with van der Waals surface area (Å²) >= 11 is 1.21. The number of benzene rings is 2. The summed E-state index contributed by atoms with van der Waals surface area (Å²) in [6.45, 7) is 7.34. The second-order valence-electron chi connectivity index (χ2n) is 8.72. The van der Waals surface area contributed by atoms with Crippen LogP contribution in [0.1, 0.15) is 24.5 Å². The number of nitrogens with zero attached hydrogens (tertiary/aromatic N) is 3. The van der Waals surface area contributed by atoms with Crippen molar-refractivity contribution in [2.45, 2.75) is 19.9 Å². The second kappa shape index (κ2) is 14.0. The van der Waals surface area contributed by atoms with E-state index in [0.29, 0.717) is 42.7 Å². The van der Waals surface area contributed by atoms with Gasteiger partial charge in [0.2, 0.25) is 0 Å². The van der Waals surface area contributed by atoms with E-state index < -0.39 is 6.09 Å². The number of carbonyl (C=O) groups excluding carboxylic acids is 2. The summed E-state index contributed by atoms with van der Waals surface area (Å²) in [6.07, 6.45) is 0.294. The Balaban J connectivity index is 1.29. The van der Waals surface area contributed by atoms with Crippen LogP contribution in [0, 0.1) is 0 Å². The third-order valence-corrected chi connectivity index (χ3v) is 6.94. The zero-order valence-corrected chi connectivity index (χ0v) is 22.6. The van der Waals surface area contributed by atoms with E-state index in [2.05, 4.69) is 15.3 Å². The molecule has 2 amide bonds. The lowest BCUT2D eigenvalue weighted by molar-refractivity contribution is 0.0348. The molecular formula is C27H34N4O6S. The average molecular weight is 543 g/mol. The number of hydrogen-bond donors (Lipinski definition) is 1. The minimum absolute atomic E-state index is 0.116. The van der Waals surface area contributed by atoms with E-state index in [0.717, 1.165) is 56.1 Å². The first-order chi connectivity index (χ1) is 18.6. The molecule has 0 spiro atoms. The van der Waals surface area contributed by atoms with Crippen LogP contribution in [0.3, 0.4) is 0 Å². The van der Waals surface area contributed by atoms with E-state index in [1.165, 1.54) is 16.8 Å². The maximum Gasteiger partial charge on any atom is 0.411 e. The summed E-state index contributed by atoms with van der Waals surface area (Å²) in [7, 11) is 1.60. The Labute approximate surface area is 227 Å². The SMILES string of the molecule is CCOc1cc(C2=NN(Cc3ccc(NC(=O)OCCCN4CCOCC4)cc3)C(=O)SC2)ccc1OC. The molecule has 2 heterocycles. The van der Waals surface area contributed by atoms with Gasteiger partial charge < -0.3 is 18.9 Å². The number of hydrogen-bond acceptors (Lipinski definition) is 9. The molecule has 0 aromatic heterocycles. The van der Waals surface area contributed by atoms with Gasteiger partial charge in [0.05, 0.1) is 45.8 Å². The maximum atomic E-state index is 12.5. The first-order valence-electron chi connectivity index (χ1n) is 12.7. The minimum Gasteiger partial charge on any atom is -0.493 e. The van der Waals surface area contributed by atoms with Crippen LogP contribution in [0.4, 0.5) is 15.3 Å². The molecule has 38 heavy (non-hydrogen) atoms. The highest BCUT2D eigenvalue weighted by molar-refractivity contribution is 8.14. The summed E-state index contributed by atoms with van der Waals surface area (Å²) < 4.78 is 21.7. The summed E-state index contributed by atoms with van der Waals surface area (Å²) in [5, 5.41) is 8.70. The highest BCUT2D eigenvalue weighted by Crippen LogP contribution is 2.30. The van der Waals surface area contributed by atoms with Gasteiger partial charge in [0.15, 0.2) is 11.5 Å². The molecule has 0 aliphatic carbocycles. The number of nitrogens with one attached hydrogen (secondary N) is 1. The van der Waals surface area contributed by atoms with Gasteiger partial charge >= 0.3 is 11.3 Å². The van der Waals surface area contributed by atoms with E-state index >= 15 is 0 Å². The van der Waals surface area contributed by atoms with Gasteiger partial charge in [0.1, 0.15) is 0 Å². The van der Waals surface area contributed by atoms with Crippen molar-refractivity contribution >= 4 is 34.5 Å². The van der Waals surface area contributed by atoms with Crippen LogP contribution in [0.2, 0.25) is 0 Å². The molecule has 1 N–H and O–H groups in total. The van der Waals surface area contributed by atoms with E-state index in [1.807, 2.05) is 37.3 Å². The van der Waals surface area contributed by atoms with Crippen LogP contribution in [0.15, 0.2) is 47.6 Å². The molecule has 11 heteroatoms. The fourth-order valence-corrected chi connectivity index (χ4v) is 4.82. The molecule has 1 fully saturated rings. The largest absolute Gasteiger partial charge is 0.493 e. The fourth-order valence-electron chi connectivity index (χ4n) is 4.08. The van der Waals surface area contributed by atoms with Gasteiger partial charge in [-0.05, 0) is 49.2 Å². The van der Waals surface area contributed by atoms with Crippen LogP contribution in [-0.2, 0) is 16.0 Å². The van der Waals surface area contributed by atoms with Gasteiger partial charge in [-0.3, -0.25) is 15.0 Å². The molecule has 0 unspecified atom stereocenters. The number of anilines is 1. The molecule has 0 atom stereocenters. The van der Waals surface area contributed by atoms with Gasteiger partial charge in [-0.1, -0.05) is 23.9 Å². The lowest BCUT2D eigenvalue weighted by atomic mass is 10.1. The molecule has 0 bridgehead atoms. The number of rotatable bonds is 11. The summed E-state index contributed by atoms with van der Waals surface area (Å²) in [6, 6.07) is 12.9. The highest BCUT2D eigenvalue weighted by atomic mass is 32.2. The van der Waals surface area contributed by atoms with Gasteiger partial charge in [0.25, 0.3) is 0 Å². The third kappa shape index (κ3) is 7.86. The van der Waals surface area contributed by atoms with Crippen LogP contribution in [0.25, 0.3) is 0 Å². The Bertz CT molecular complexity index is 1120. The molecule has 2 aromatic carbocycles. The summed E-state index contributed by atoms with van der Waals surface area (Å²) in [4.78, 5) is 27.0. The number of morpholine rings is 1. The standard InChI is InChI=1S/C27H34N4O6S/c1-3-36-25-17-21(7-10-24(25)34-2)23-19-38-27(33)31(29-23)18-20-5-8-22(9-6-20)28-26(32)37-14-4-11-30-12-15-35-16-13-30/h5-10,17H,3-4,11-16,18-19H2,1-2H3,(H,28,32). The summed E-state index contributed by atoms with van der Waals surface area (Å²) in [5.41, 5.74) is 3.17. The molecule has 2 aromatic rings. The Hall–Kier alpha value is -3.28. The third-order valence-electron chi connectivity index (χ3n) is 6.07. The first kappa shape index (κ1) is 27.7. The fraction of sp³-hybridized carbons (Fsp3) is 0.444. The lowest BCUT2D eigenvalue weighted by Gasteiger charge is -2.26. The van der Waals surface area contributed by atoms with Crippen molar-refractivity contribution in [1.82, 2.24) is 9.91 Å². The predicted octanol–water partition coefficient (Wildman–Crippen LogP) is 4.44. The molecular weight excluding hydrogens is 508 g/mol. The number of hydrazone groups is 1. The van der Waals surface area contributed by atoms with Crippen LogP contribution >= 0.6 is 11.8 Å². The Morgan fingerprint density at radius 1 is 1.13 bits per heavy atom. The zero-order chi connectivity index (χ0) is 26.7. The van der Waals surface area contributed by atoms with Crippen LogP contribution in [0.5, 0.6) is 11.5 Å². The number of ether oxygens (including phenoxy) is 4. The predicted molar refractivity (Wildman–Crippen MR) is 147 cm³/mol. The second-order valence-corrected chi connectivity index (χ2v) is 9.65. The van der Waals surface area contributed by atoms with Crippen molar-refractivity contribution in [1.29, 1.82) is 0 Å². The van der Waals surface area contributed by atoms with Crippen molar-refractivity contribution in [2.24, 2.45) is 5.10 Å². The molecule has 204 valence electrons. The van der Waals surface area contributed by atoms with Crippen molar-refractivity contribution in [3.8, 4) is 11.5 Å². The van der Waals surface area contributed by atoms with E-state index in [-0.39, 0.29) is 5.24 Å². The molecule has 0 radical (unpaired) electrons. The molecule has 2 aliphatic rings. The van der Waals surface area contributed by atoms with Crippen LogP contribution < -0.4 is 14.8 Å². The Morgan fingerprint density at radius 3 is 2.66 bits per heavy atom. The van der Waals surface area contributed by atoms with Crippen LogP contribution in [-0.4, -0.2) is 85.9 Å². The van der Waals surface area contributed by atoms with Crippen molar-refractivity contribution in [3.63, 3.8) is 0 Å². The zero-order valence-electron chi connectivity index (χ0n) is 21.8. The van der Waals surface area contributed by atoms with Gasteiger partial charge in [0, 0.05) is 36.6 Å². The number of amides is 2. The van der Waals surface area contributed by atoms with Gasteiger partial charge in [-0.15, -0.1) is 0 Å². The average Bonchev–Trinajstić information content (AvgIpc) is 2.94. The van der Waals surface area contributed by atoms with Crippen molar-refractivity contribution < 1.29 is 28.5 Å².